The Bertz CT molecular complexity index is 149. The summed E-state index contributed by atoms with van der Waals surface area (Å²) in [5, 5.41) is 5.48. The number of carbonyl (C=O) groups is 1. The molecule has 0 heterocycles. The minimum absolute atomic E-state index is 0.0181. The van der Waals surface area contributed by atoms with E-state index in [4.69, 9.17) is 6.42 Å². The fraction of sp³-hybridized carbons (Fsp3) is 0.625. The Balaban J connectivity index is 3.12. The van der Waals surface area contributed by atoms with Crippen molar-refractivity contribution in [2.75, 3.05) is 20.1 Å². The summed E-state index contributed by atoms with van der Waals surface area (Å²) in [6.07, 6.45) is 6.60. The Morgan fingerprint density at radius 1 is 1.64 bits per heavy atom. The van der Waals surface area contributed by atoms with E-state index in [1.54, 1.807) is 7.05 Å². The average molecular weight is 154 g/mol. The predicted octanol–water partition coefficient (Wildman–Crippen LogP) is -0.265. The third-order valence-electron chi connectivity index (χ3n) is 1.16. The van der Waals surface area contributed by atoms with E-state index in [1.807, 2.05) is 0 Å². The van der Waals surface area contributed by atoms with E-state index in [0.717, 1.165) is 12.8 Å². The predicted molar refractivity (Wildman–Crippen MR) is 45.0 cm³/mol. The van der Waals surface area contributed by atoms with Crippen molar-refractivity contribution in [1.29, 1.82) is 0 Å². The smallest absolute Gasteiger partial charge is 0.233 e. The molecule has 11 heavy (non-hydrogen) atoms. The van der Waals surface area contributed by atoms with Gasteiger partial charge in [0.05, 0.1) is 6.54 Å². The SMILES string of the molecule is C#CCCCNC(=O)CNC. The second-order valence-electron chi connectivity index (χ2n) is 2.19. The van der Waals surface area contributed by atoms with Gasteiger partial charge in [-0.3, -0.25) is 4.79 Å². The molecule has 0 saturated carbocycles. The molecule has 0 aliphatic heterocycles. The third-order valence-corrected chi connectivity index (χ3v) is 1.16. The molecule has 0 rings (SSSR count). The van der Waals surface area contributed by atoms with E-state index < -0.39 is 0 Å². The van der Waals surface area contributed by atoms with Gasteiger partial charge >= 0.3 is 0 Å². The normalized spacial score (nSPS) is 8.73. The fourth-order valence-electron chi connectivity index (χ4n) is 0.641. The van der Waals surface area contributed by atoms with Crippen molar-refractivity contribution < 1.29 is 4.79 Å². The van der Waals surface area contributed by atoms with E-state index in [-0.39, 0.29) is 5.91 Å². The van der Waals surface area contributed by atoms with Crippen molar-refractivity contribution >= 4 is 5.91 Å². The van der Waals surface area contributed by atoms with Gasteiger partial charge in [-0.1, -0.05) is 0 Å². The van der Waals surface area contributed by atoms with E-state index in [1.165, 1.54) is 0 Å². The van der Waals surface area contributed by atoms with Crippen LogP contribution in [0, 0.1) is 12.3 Å². The van der Waals surface area contributed by atoms with Crippen LogP contribution in [0.4, 0.5) is 0 Å². The van der Waals surface area contributed by atoms with Gasteiger partial charge in [0.15, 0.2) is 0 Å². The number of hydrogen-bond acceptors (Lipinski definition) is 2. The van der Waals surface area contributed by atoms with Gasteiger partial charge in [-0.15, -0.1) is 12.3 Å². The quantitative estimate of drug-likeness (QED) is 0.423. The molecule has 0 atom stereocenters. The first-order valence-corrected chi connectivity index (χ1v) is 3.66. The molecular weight excluding hydrogens is 140 g/mol. The molecule has 0 unspecified atom stereocenters. The third kappa shape index (κ3) is 6.88. The van der Waals surface area contributed by atoms with E-state index >= 15 is 0 Å². The maximum absolute atomic E-state index is 10.8. The van der Waals surface area contributed by atoms with Gasteiger partial charge in [0.25, 0.3) is 0 Å². The van der Waals surface area contributed by atoms with Crippen LogP contribution in [0.3, 0.4) is 0 Å². The average Bonchev–Trinajstić information content (AvgIpc) is 1.99. The van der Waals surface area contributed by atoms with Crippen molar-refractivity contribution in [3.63, 3.8) is 0 Å². The highest BCUT2D eigenvalue weighted by atomic mass is 16.1. The standard InChI is InChI=1S/C8H14N2O/c1-3-4-5-6-10-8(11)7-9-2/h1,9H,4-7H2,2H3,(H,10,11). The number of unbranched alkanes of at least 4 members (excludes halogenated alkanes) is 1. The Kier molecular flexibility index (Phi) is 6.45. The van der Waals surface area contributed by atoms with Crippen molar-refractivity contribution in [1.82, 2.24) is 10.6 Å². The Labute approximate surface area is 67.6 Å². The molecular formula is C8H14N2O. The van der Waals surface area contributed by atoms with Crippen LogP contribution in [-0.4, -0.2) is 26.0 Å². The largest absolute Gasteiger partial charge is 0.355 e. The van der Waals surface area contributed by atoms with Crippen molar-refractivity contribution in [2.45, 2.75) is 12.8 Å². The summed E-state index contributed by atoms with van der Waals surface area (Å²) in [5.41, 5.74) is 0. The van der Waals surface area contributed by atoms with Crippen LogP contribution < -0.4 is 10.6 Å². The van der Waals surface area contributed by atoms with Crippen molar-refractivity contribution in [3.05, 3.63) is 0 Å². The maximum atomic E-state index is 10.8. The number of likely N-dealkylation sites (N-methyl/N-ethyl adjacent to an activating group) is 1. The van der Waals surface area contributed by atoms with E-state index in [2.05, 4.69) is 16.6 Å². The van der Waals surface area contributed by atoms with Gasteiger partial charge in [0, 0.05) is 13.0 Å². The minimum atomic E-state index is 0.0181. The van der Waals surface area contributed by atoms with E-state index in [0.29, 0.717) is 13.1 Å². The van der Waals surface area contributed by atoms with Crippen LogP contribution in [0.1, 0.15) is 12.8 Å². The monoisotopic (exact) mass is 154 g/mol. The van der Waals surface area contributed by atoms with Gasteiger partial charge in [-0.05, 0) is 13.5 Å². The Morgan fingerprint density at radius 2 is 2.36 bits per heavy atom. The summed E-state index contributed by atoms with van der Waals surface area (Å²) in [5.74, 6) is 2.52. The first-order valence-electron chi connectivity index (χ1n) is 3.66. The molecule has 62 valence electrons. The Morgan fingerprint density at radius 3 is 2.91 bits per heavy atom. The molecule has 0 saturated heterocycles. The maximum Gasteiger partial charge on any atom is 0.233 e. The number of hydrogen-bond donors (Lipinski definition) is 2. The van der Waals surface area contributed by atoms with Gasteiger partial charge < -0.3 is 10.6 Å². The second kappa shape index (κ2) is 7.10. The lowest BCUT2D eigenvalue weighted by molar-refractivity contribution is -0.120. The molecule has 0 spiro atoms. The van der Waals surface area contributed by atoms with Gasteiger partial charge in [-0.25, -0.2) is 0 Å². The van der Waals surface area contributed by atoms with Crippen LogP contribution in [0.2, 0.25) is 0 Å². The lowest BCUT2D eigenvalue weighted by Gasteiger charge is -2.01. The van der Waals surface area contributed by atoms with Crippen LogP contribution in [0.25, 0.3) is 0 Å². The van der Waals surface area contributed by atoms with Crippen LogP contribution >= 0.6 is 0 Å². The van der Waals surface area contributed by atoms with Crippen molar-refractivity contribution in [2.24, 2.45) is 0 Å². The molecule has 0 aliphatic rings. The molecule has 3 nitrogen and oxygen atoms in total. The zero-order valence-electron chi connectivity index (χ0n) is 6.81. The van der Waals surface area contributed by atoms with Crippen LogP contribution in [-0.2, 0) is 4.79 Å². The molecule has 0 aromatic carbocycles. The molecule has 0 fully saturated rings. The number of nitrogens with one attached hydrogen (secondary N) is 2. The fourth-order valence-corrected chi connectivity index (χ4v) is 0.641. The zero-order valence-corrected chi connectivity index (χ0v) is 6.81. The molecule has 0 radical (unpaired) electrons. The molecule has 0 aliphatic carbocycles. The molecule has 0 bridgehead atoms. The molecule has 3 heteroatoms. The van der Waals surface area contributed by atoms with Crippen LogP contribution in [0.5, 0.6) is 0 Å². The lowest BCUT2D eigenvalue weighted by atomic mass is 10.3. The summed E-state index contributed by atoms with van der Waals surface area (Å²) < 4.78 is 0. The lowest BCUT2D eigenvalue weighted by Crippen LogP contribution is -2.32. The molecule has 0 aromatic rings. The Hall–Kier alpha value is -1.01. The number of amides is 1. The highest BCUT2D eigenvalue weighted by Crippen LogP contribution is 1.81. The van der Waals surface area contributed by atoms with Gasteiger partial charge in [0.1, 0.15) is 0 Å². The molecule has 2 N–H and O–H groups in total. The van der Waals surface area contributed by atoms with Crippen LogP contribution in [0.15, 0.2) is 0 Å². The number of carbonyl (C=O) groups excluding carboxylic acids is 1. The highest BCUT2D eigenvalue weighted by Gasteiger charge is 1.95. The summed E-state index contributed by atoms with van der Waals surface area (Å²) in [6.45, 7) is 1.04. The summed E-state index contributed by atoms with van der Waals surface area (Å²) in [7, 11) is 1.74. The molecule has 1 amide bonds. The first kappa shape index (κ1) is 9.99. The van der Waals surface area contributed by atoms with E-state index in [9.17, 15) is 4.79 Å². The van der Waals surface area contributed by atoms with Gasteiger partial charge in [0.2, 0.25) is 5.91 Å². The van der Waals surface area contributed by atoms with Gasteiger partial charge in [-0.2, -0.15) is 0 Å². The zero-order chi connectivity index (χ0) is 8.53. The topological polar surface area (TPSA) is 41.1 Å². The summed E-state index contributed by atoms with van der Waals surface area (Å²) >= 11 is 0. The second-order valence-corrected chi connectivity index (χ2v) is 2.19. The highest BCUT2D eigenvalue weighted by molar-refractivity contribution is 5.77. The summed E-state index contributed by atoms with van der Waals surface area (Å²) in [6, 6.07) is 0. The molecule has 0 aromatic heterocycles. The number of terminal acetylenes is 1. The van der Waals surface area contributed by atoms with Crippen molar-refractivity contribution in [3.8, 4) is 12.3 Å². The first-order chi connectivity index (χ1) is 5.31. The number of rotatable bonds is 5. The minimum Gasteiger partial charge on any atom is -0.355 e. The summed E-state index contributed by atoms with van der Waals surface area (Å²) in [4.78, 5) is 10.8.